The zero-order chi connectivity index (χ0) is 32.7. The van der Waals surface area contributed by atoms with Gasteiger partial charge in [-0.2, -0.15) is 9.78 Å². The Morgan fingerprint density at radius 2 is 0.933 bits per heavy atom. The molecule has 0 spiro atoms. The van der Waals surface area contributed by atoms with Crippen molar-refractivity contribution in [3.05, 3.63) is 0 Å². The Labute approximate surface area is 310 Å². The summed E-state index contributed by atoms with van der Waals surface area (Å²) in [6.07, 6.45) is 1.61. The third kappa shape index (κ3) is 41.3. The van der Waals surface area contributed by atoms with E-state index in [1.807, 2.05) is 0 Å². The maximum Gasteiger partial charge on any atom is 0.408 e. The van der Waals surface area contributed by atoms with E-state index in [1.165, 1.54) is 36.3 Å². The van der Waals surface area contributed by atoms with Gasteiger partial charge in [0.05, 0.1) is 35.4 Å². The lowest BCUT2D eigenvalue weighted by Gasteiger charge is -2.06. The van der Waals surface area contributed by atoms with E-state index < -0.39 is 12.2 Å². The summed E-state index contributed by atoms with van der Waals surface area (Å²) in [4.78, 5) is 50.4. The van der Waals surface area contributed by atoms with Gasteiger partial charge in [-0.3, -0.25) is 0 Å². The first-order chi connectivity index (χ1) is 22.2. The Hall–Kier alpha value is 1.17. The molecule has 0 unspecified atom stereocenters. The fraction of sp³-hybridized carbons (Fsp3) is 0.800. The van der Waals surface area contributed by atoms with E-state index in [0.29, 0.717) is 35.4 Å². The van der Waals surface area contributed by atoms with Crippen LogP contribution in [0.5, 0.6) is 0 Å². The van der Waals surface area contributed by atoms with Gasteiger partial charge in [-0.25, -0.2) is 19.6 Å². The molecule has 0 rings (SSSR count). The molecule has 0 aromatic heterocycles. The number of nitrogens with one attached hydrogen (secondary N) is 2. The largest absolute Gasteiger partial charge is 0.438 e. The quantitative estimate of drug-likeness (QED) is 0.0153. The minimum Gasteiger partial charge on any atom is -0.438 e. The third-order valence-electron chi connectivity index (χ3n) is 3.33. The molecule has 0 bridgehead atoms. The van der Waals surface area contributed by atoms with E-state index in [9.17, 15) is 9.59 Å². The van der Waals surface area contributed by atoms with Gasteiger partial charge < -0.3 is 40.1 Å². The van der Waals surface area contributed by atoms with Crippen molar-refractivity contribution >= 4 is 154 Å². The minimum absolute atomic E-state index is 0.0196. The van der Waals surface area contributed by atoms with Crippen LogP contribution in [0.15, 0.2) is 9.98 Å². The molecular formula is C20H38N4O10S11. The molecule has 0 heterocycles. The zero-order valence-electron chi connectivity index (χ0n) is 24.0. The second-order valence-corrected chi connectivity index (χ2v) is 19.2. The van der Waals surface area contributed by atoms with Gasteiger partial charge in [-0.05, 0) is 0 Å². The van der Waals surface area contributed by atoms with Crippen LogP contribution < -0.4 is 10.6 Å². The van der Waals surface area contributed by atoms with Crippen molar-refractivity contribution in [1.82, 2.24) is 10.6 Å². The summed E-state index contributed by atoms with van der Waals surface area (Å²) in [7, 11) is 0. The van der Waals surface area contributed by atoms with Gasteiger partial charge in [0.15, 0.2) is 0 Å². The Bertz CT molecular complexity index is 730. The number of ether oxygens (including phenoxy) is 2. The minimum atomic E-state index is -0.488. The first-order valence-electron chi connectivity index (χ1n) is 12.1. The molecule has 25 heteroatoms. The molecule has 0 aliphatic carbocycles. The SMILES string of the molecule is O=C(NCSCSCSCN=COOCSCSCSCNC(=O)OCSCSCSCN=COOCSCO)OCSCO. The number of alkyl carbamates (subject to hydrolysis) is 2. The number of thioether (sulfide) groups is 11. The van der Waals surface area contributed by atoms with Gasteiger partial charge in [-0.1, -0.05) is 11.8 Å². The van der Waals surface area contributed by atoms with Crippen molar-refractivity contribution < 1.29 is 48.8 Å². The smallest absolute Gasteiger partial charge is 0.408 e. The van der Waals surface area contributed by atoms with Crippen LogP contribution in [0.3, 0.4) is 0 Å². The second-order valence-electron chi connectivity index (χ2n) is 6.45. The number of aliphatic imine (C=N–C) groups is 2. The summed E-state index contributed by atoms with van der Waals surface area (Å²) in [6.45, 7) is 0. The highest BCUT2D eigenvalue weighted by Crippen LogP contribution is 2.19. The molecule has 14 nitrogen and oxygen atoms in total. The summed E-state index contributed by atoms with van der Waals surface area (Å²) < 4.78 is 9.95. The van der Waals surface area contributed by atoms with Crippen LogP contribution in [0.1, 0.15) is 0 Å². The highest BCUT2D eigenvalue weighted by atomic mass is 32.2. The molecular weight excluding hydrogens is 809 g/mol. The summed E-state index contributed by atoms with van der Waals surface area (Å²) in [5, 5.41) is 27.5. The van der Waals surface area contributed by atoms with Crippen molar-refractivity contribution in [2.24, 2.45) is 9.98 Å². The Balaban J connectivity index is 3.25. The molecule has 0 aliphatic rings. The fourth-order valence-electron chi connectivity index (χ4n) is 1.68. The molecule has 264 valence electrons. The lowest BCUT2D eigenvalue weighted by atomic mass is 11.1. The normalized spacial score (nSPS) is 11.2. The highest BCUT2D eigenvalue weighted by molar-refractivity contribution is 8.23. The molecule has 0 aliphatic heterocycles. The van der Waals surface area contributed by atoms with Crippen LogP contribution in [0, 0.1) is 0 Å². The zero-order valence-corrected chi connectivity index (χ0v) is 33.0. The predicted molar refractivity (Wildman–Crippen MR) is 206 cm³/mol. The highest BCUT2D eigenvalue weighted by Gasteiger charge is 2.02. The van der Waals surface area contributed by atoms with Crippen LogP contribution >= 0.6 is 129 Å². The van der Waals surface area contributed by atoms with Crippen LogP contribution in [-0.4, -0.2) is 125 Å². The lowest BCUT2D eigenvalue weighted by Crippen LogP contribution is -2.23. The molecule has 0 aromatic carbocycles. The van der Waals surface area contributed by atoms with E-state index in [4.69, 9.17) is 34.3 Å². The van der Waals surface area contributed by atoms with Crippen molar-refractivity contribution in [3.8, 4) is 0 Å². The predicted octanol–water partition coefficient (Wildman–Crippen LogP) is 5.76. The Kier molecular flexibility index (Phi) is 42.4. The van der Waals surface area contributed by atoms with Crippen LogP contribution in [0.2, 0.25) is 0 Å². The third-order valence-corrected chi connectivity index (χ3v) is 14.2. The number of amides is 2. The summed E-state index contributed by atoms with van der Waals surface area (Å²) >= 11 is 17.0. The average Bonchev–Trinajstić information content (AvgIpc) is 3.04. The first-order valence-corrected chi connectivity index (χ1v) is 24.8. The maximum atomic E-state index is 11.7. The van der Waals surface area contributed by atoms with Crippen molar-refractivity contribution in [3.63, 3.8) is 0 Å². The van der Waals surface area contributed by atoms with Crippen molar-refractivity contribution in [2.45, 2.75) is 0 Å². The summed E-state index contributed by atoms with van der Waals surface area (Å²) in [6, 6.07) is 0. The van der Waals surface area contributed by atoms with Crippen LogP contribution in [-0.2, 0) is 29.0 Å². The molecule has 2 amide bonds. The maximum absolute atomic E-state index is 11.7. The van der Waals surface area contributed by atoms with Gasteiger partial charge in [-0.15, -0.1) is 118 Å². The van der Waals surface area contributed by atoms with Crippen LogP contribution in [0.4, 0.5) is 9.59 Å². The molecule has 0 fully saturated rings. The van der Waals surface area contributed by atoms with Gasteiger partial charge in [0.2, 0.25) is 12.8 Å². The molecule has 0 radical (unpaired) electrons. The number of carbonyl (C=O) groups is 2. The molecule has 0 saturated carbocycles. The van der Waals surface area contributed by atoms with Crippen molar-refractivity contribution in [1.29, 1.82) is 0 Å². The molecule has 0 atom stereocenters. The van der Waals surface area contributed by atoms with E-state index in [-0.39, 0.29) is 23.8 Å². The monoisotopic (exact) mass is 846 g/mol. The van der Waals surface area contributed by atoms with E-state index in [2.05, 4.69) is 25.5 Å². The van der Waals surface area contributed by atoms with E-state index >= 15 is 0 Å². The number of rotatable bonds is 34. The summed E-state index contributed by atoms with van der Waals surface area (Å²) in [5.74, 6) is 3.02. The number of nitrogens with zero attached hydrogens (tertiary/aromatic N) is 2. The number of aliphatic hydroxyl groups is 2. The van der Waals surface area contributed by atoms with Gasteiger partial charge in [0.1, 0.15) is 23.8 Å². The second kappa shape index (κ2) is 41.3. The van der Waals surface area contributed by atoms with Crippen LogP contribution in [0.25, 0.3) is 0 Å². The van der Waals surface area contributed by atoms with E-state index in [1.54, 1.807) is 94.1 Å². The number of hydrogen-bond acceptors (Lipinski definition) is 23. The Morgan fingerprint density at radius 3 is 1.44 bits per heavy atom. The fourth-order valence-corrected chi connectivity index (χ4v) is 10.5. The molecule has 0 aromatic rings. The average molecular weight is 847 g/mol. The molecule has 45 heavy (non-hydrogen) atoms. The number of aliphatic hydroxyl groups excluding tert-OH is 2. The number of carbonyl (C=O) groups excluding carboxylic acids is 2. The van der Waals surface area contributed by atoms with Crippen molar-refractivity contribution in [2.75, 3.05) is 89.6 Å². The van der Waals surface area contributed by atoms with Gasteiger partial charge in [0.25, 0.3) is 0 Å². The van der Waals surface area contributed by atoms with Gasteiger partial charge in [0, 0.05) is 30.5 Å². The number of hydrogen-bond donors (Lipinski definition) is 4. The van der Waals surface area contributed by atoms with Gasteiger partial charge >= 0.3 is 12.2 Å². The lowest BCUT2D eigenvalue weighted by molar-refractivity contribution is -0.196. The molecule has 4 N–H and O–H groups in total. The Morgan fingerprint density at radius 1 is 0.533 bits per heavy atom. The topological polar surface area (TPSA) is 179 Å². The first kappa shape index (κ1) is 46.2. The summed E-state index contributed by atoms with van der Waals surface area (Å²) in [5.41, 5.74) is 0. The standard InChI is InChI=1S/C20H38N4O10S11/c25-7-39-9-29-19(27)23-5-37-15-43-13-35-3-22-2-32-34-12-42-18-45-16-38-6-24-20(28)30-10-41-17-44-14-36-4-21-1-31-33-11-40-8-26/h1-2,25-26H,3-18H2,(H,23,27)(H,24,28). The van der Waals surface area contributed by atoms with E-state index in [0.717, 1.165) is 42.3 Å². The molecule has 0 saturated heterocycles.